The molecular weight excluding hydrogens is 204 g/mol. The predicted octanol–water partition coefficient (Wildman–Crippen LogP) is 1.32. The molecule has 0 radical (unpaired) electrons. The molecule has 0 bridgehead atoms. The Morgan fingerprint density at radius 1 is 1.31 bits per heavy atom. The van der Waals surface area contributed by atoms with E-state index in [4.69, 9.17) is 14.7 Å². The number of nitriles is 1. The Kier molecular flexibility index (Phi) is 6.39. The lowest BCUT2D eigenvalue weighted by atomic mass is 10.0. The van der Waals surface area contributed by atoms with Gasteiger partial charge in [0.1, 0.15) is 0 Å². The largest absolute Gasteiger partial charge is 0.382 e. The van der Waals surface area contributed by atoms with E-state index in [0.717, 1.165) is 26.1 Å². The van der Waals surface area contributed by atoms with Crippen molar-refractivity contribution >= 4 is 0 Å². The summed E-state index contributed by atoms with van der Waals surface area (Å²) in [6, 6.07) is 2.27. The van der Waals surface area contributed by atoms with E-state index in [0.29, 0.717) is 25.0 Å². The van der Waals surface area contributed by atoms with Gasteiger partial charge in [0.05, 0.1) is 19.3 Å². The van der Waals surface area contributed by atoms with Gasteiger partial charge in [-0.2, -0.15) is 5.26 Å². The Balaban J connectivity index is 1.83. The van der Waals surface area contributed by atoms with Gasteiger partial charge in [-0.15, -0.1) is 0 Å². The molecule has 1 saturated carbocycles. The van der Waals surface area contributed by atoms with Gasteiger partial charge in [-0.05, 0) is 31.2 Å². The van der Waals surface area contributed by atoms with E-state index in [-0.39, 0.29) is 0 Å². The molecule has 0 spiro atoms. The van der Waals surface area contributed by atoms with Gasteiger partial charge in [0.2, 0.25) is 0 Å². The first-order valence-electron chi connectivity index (χ1n) is 5.97. The van der Waals surface area contributed by atoms with Crippen LogP contribution in [0.1, 0.15) is 25.7 Å². The fourth-order valence-corrected chi connectivity index (χ4v) is 1.66. The highest BCUT2D eigenvalue weighted by atomic mass is 16.5. The Morgan fingerprint density at radius 3 is 2.75 bits per heavy atom. The van der Waals surface area contributed by atoms with Crippen LogP contribution in [-0.2, 0) is 9.47 Å². The second kappa shape index (κ2) is 7.61. The Hall–Kier alpha value is -0.630. The molecule has 0 aromatic carbocycles. The van der Waals surface area contributed by atoms with Crippen molar-refractivity contribution in [3.8, 4) is 6.07 Å². The molecule has 0 unspecified atom stereocenters. The fraction of sp³-hybridized carbons (Fsp3) is 0.917. The molecule has 0 amide bonds. The minimum absolute atomic E-state index is 0.311. The summed E-state index contributed by atoms with van der Waals surface area (Å²) >= 11 is 0. The molecule has 1 rings (SSSR count). The highest BCUT2D eigenvalue weighted by Gasteiger charge is 2.41. The lowest BCUT2D eigenvalue weighted by molar-refractivity contribution is 0.0694. The van der Waals surface area contributed by atoms with E-state index in [1.54, 1.807) is 7.11 Å². The van der Waals surface area contributed by atoms with Crippen LogP contribution in [0.25, 0.3) is 0 Å². The van der Waals surface area contributed by atoms with Gasteiger partial charge in [-0.1, -0.05) is 0 Å². The van der Waals surface area contributed by atoms with Crippen LogP contribution in [0.4, 0.5) is 0 Å². The fourth-order valence-electron chi connectivity index (χ4n) is 1.66. The van der Waals surface area contributed by atoms with E-state index >= 15 is 0 Å². The van der Waals surface area contributed by atoms with Gasteiger partial charge in [-0.3, -0.25) is 0 Å². The average molecular weight is 226 g/mol. The quantitative estimate of drug-likeness (QED) is 0.571. The third kappa shape index (κ3) is 5.45. The lowest BCUT2D eigenvalue weighted by Gasteiger charge is -2.12. The van der Waals surface area contributed by atoms with E-state index in [1.807, 2.05) is 0 Å². The highest BCUT2D eigenvalue weighted by Crippen LogP contribution is 2.47. The minimum atomic E-state index is 0.311. The van der Waals surface area contributed by atoms with E-state index in [1.165, 1.54) is 12.8 Å². The first-order chi connectivity index (χ1) is 7.83. The number of nitrogens with zero attached hydrogens (tertiary/aromatic N) is 1. The molecule has 1 N–H and O–H groups in total. The van der Waals surface area contributed by atoms with Gasteiger partial charge in [0.25, 0.3) is 0 Å². The number of ether oxygens (including phenoxy) is 2. The minimum Gasteiger partial charge on any atom is -0.382 e. The number of hydrogen-bond acceptors (Lipinski definition) is 4. The lowest BCUT2D eigenvalue weighted by Crippen LogP contribution is -2.25. The smallest absolute Gasteiger partial charge is 0.0700 e. The topological polar surface area (TPSA) is 54.3 Å². The summed E-state index contributed by atoms with van der Waals surface area (Å²) in [7, 11) is 1.68. The van der Waals surface area contributed by atoms with Crippen LogP contribution in [0.15, 0.2) is 0 Å². The number of hydrogen-bond donors (Lipinski definition) is 1. The summed E-state index contributed by atoms with van der Waals surface area (Å²) in [5, 5.41) is 12.1. The predicted molar refractivity (Wildman–Crippen MR) is 62.1 cm³/mol. The molecule has 16 heavy (non-hydrogen) atoms. The summed E-state index contributed by atoms with van der Waals surface area (Å²) < 4.78 is 10.2. The van der Waals surface area contributed by atoms with Crippen LogP contribution >= 0.6 is 0 Å². The molecule has 0 aromatic rings. The monoisotopic (exact) mass is 226 g/mol. The third-order valence-corrected chi connectivity index (χ3v) is 2.99. The highest BCUT2D eigenvalue weighted by molar-refractivity contribution is 5.00. The maximum absolute atomic E-state index is 8.66. The zero-order valence-electron chi connectivity index (χ0n) is 10.1. The van der Waals surface area contributed by atoms with E-state index in [2.05, 4.69) is 11.4 Å². The van der Waals surface area contributed by atoms with Crippen molar-refractivity contribution in [3.05, 3.63) is 0 Å². The summed E-state index contributed by atoms with van der Waals surface area (Å²) in [4.78, 5) is 0. The van der Waals surface area contributed by atoms with Gasteiger partial charge < -0.3 is 14.8 Å². The van der Waals surface area contributed by atoms with Crippen molar-refractivity contribution in [2.75, 3.05) is 40.0 Å². The maximum atomic E-state index is 8.66. The molecule has 0 saturated heterocycles. The number of rotatable bonds is 10. The molecule has 1 aliphatic carbocycles. The third-order valence-electron chi connectivity index (χ3n) is 2.99. The van der Waals surface area contributed by atoms with Crippen LogP contribution in [0.2, 0.25) is 0 Å². The Morgan fingerprint density at radius 2 is 2.12 bits per heavy atom. The SMILES string of the molecule is COCCOCCCNCC1(CC#N)CC1. The van der Waals surface area contributed by atoms with Crippen molar-refractivity contribution in [2.45, 2.75) is 25.7 Å². The van der Waals surface area contributed by atoms with Crippen LogP contribution in [0.5, 0.6) is 0 Å². The molecule has 0 atom stereocenters. The van der Waals surface area contributed by atoms with Crippen LogP contribution in [0, 0.1) is 16.7 Å². The van der Waals surface area contributed by atoms with Crippen molar-refractivity contribution in [3.63, 3.8) is 0 Å². The first-order valence-corrected chi connectivity index (χ1v) is 5.97. The molecular formula is C12H22N2O2. The molecule has 92 valence electrons. The van der Waals surface area contributed by atoms with Gasteiger partial charge in [0.15, 0.2) is 0 Å². The van der Waals surface area contributed by atoms with Crippen molar-refractivity contribution in [2.24, 2.45) is 5.41 Å². The normalized spacial score (nSPS) is 17.0. The molecule has 1 fully saturated rings. The molecule has 0 aliphatic heterocycles. The number of methoxy groups -OCH3 is 1. The molecule has 4 nitrogen and oxygen atoms in total. The van der Waals surface area contributed by atoms with Crippen LogP contribution in [-0.4, -0.2) is 40.0 Å². The molecule has 4 heteroatoms. The van der Waals surface area contributed by atoms with Crippen molar-refractivity contribution in [1.29, 1.82) is 5.26 Å². The van der Waals surface area contributed by atoms with Gasteiger partial charge >= 0.3 is 0 Å². The van der Waals surface area contributed by atoms with Crippen molar-refractivity contribution < 1.29 is 9.47 Å². The summed E-state index contributed by atoms with van der Waals surface area (Å²) in [5.74, 6) is 0. The Labute approximate surface area is 97.9 Å². The molecule has 0 aromatic heterocycles. The standard InChI is InChI=1S/C12H22N2O2/c1-15-9-10-16-8-2-7-14-11-12(3-4-12)5-6-13/h14H,2-5,7-11H2,1H3. The van der Waals surface area contributed by atoms with E-state index in [9.17, 15) is 0 Å². The van der Waals surface area contributed by atoms with Gasteiger partial charge in [0, 0.05) is 26.7 Å². The maximum Gasteiger partial charge on any atom is 0.0700 e. The summed E-state index contributed by atoms with van der Waals surface area (Å²) in [6.07, 6.45) is 4.13. The van der Waals surface area contributed by atoms with Crippen LogP contribution < -0.4 is 5.32 Å². The molecule has 0 heterocycles. The summed E-state index contributed by atoms with van der Waals surface area (Å²) in [6.45, 7) is 4.08. The Bertz CT molecular complexity index is 222. The zero-order chi connectivity index (χ0) is 11.7. The van der Waals surface area contributed by atoms with Gasteiger partial charge in [-0.25, -0.2) is 0 Å². The molecule has 1 aliphatic rings. The second-order valence-corrected chi connectivity index (χ2v) is 4.47. The number of nitrogens with one attached hydrogen (secondary N) is 1. The summed E-state index contributed by atoms with van der Waals surface area (Å²) in [5.41, 5.74) is 0.311. The van der Waals surface area contributed by atoms with Crippen LogP contribution in [0.3, 0.4) is 0 Å². The average Bonchev–Trinajstić information content (AvgIpc) is 3.03. The van der Waals surface area contributed by atoms with E-state index < -0.39 is 0 Å². The zero-order valence-corrected chi connectivity index (χ0v) is 10.1. The van der Waals surface area contributed by atoms with Crippen molar-refractivity contribution in [1.82, 2.24) is 5.32 Å². The second-order valence-electron chi connectivity index (χ2n) is 4.47. The first kappa shape index (κ1) is 13.4.